The highest BCUT2D eigenvalue weighted by molar-refractivity contribution is 5.82. The Balaban J connectivity index is 2.54. The topological polar surface area (TPSA) is 95.4 Å². The number of carbonyl (C=O) groups is 1. The van der Waals surface area contributed by atoms with E-state index in [4.69, 9.17) is 0 Å². The molecule has 2 N–H and O–H groups in total. The average molecular weight is 225 g/mol. The Bertz CT molecular complexity index is 544. The van der Waals surface area contributed by atoms with Crippen molar-refractivity contribution in [2.24, 2.45) is 0 Å². The second-order valence-corrected chi connectivity index (χ2v) is 3.73. The van der Waals surface area contributed by atoms with Crippen molar-refractivity contribution >= 4 is 5.91 Å². The van der Waals surface area contributed by atoms with Crippen LogP contribution in [0.5, 0.6) is 5.88 Å². The summed E-state index contributed by atoms with van der Waals surface area (Å²) >= 11 is 0. The molecule has 1 aliphatic rings. The van der Waals surface area contributed by atoms with E-state index in [1.54, 1.807) is 7.05 Å². The zero-order chi connectivity index (χ0) is 11.9. The van der Waals surface area contributed by atoms with Crippen LogP contribution in [-0.4, -0.2) is 39.1 Å². The fraction of sp³-hybridized carbons (Fsp3) is 0.444. The first-order chi connectivity index (χ1) is 7.50. The van der Waals surface area contributed by atoms with Gasteiger partial charge in [0.05, 0.1) is 6.07 Å². The number of nitrogens with one attached hydrogen (secondary N) is 1. The number of H-pyrrole nitrogens is 1. The summed E-state index contributed by atoms with van der Waals surface area (Å²) < 4.78 is 0.910. The number of amides is 1. The molecule has 0 spiro atoms. The summed E-state index contributed by atoms with van der Waals surface area (Å²) in [6.45, 7) is 0.522. The summed E-state index contributed by atoms with van der Waals surface area (Å²) in [7, 11) is 1.62. The molecule has 1 amide bonds. The largest absolute Gasteiger partial charge is 0.494 e. The van der Waals surface area contributed by atoms with E-state index < -0.39 is 23.2 Å². The van der Waals surface area contributed by atoms with Crippen LogP contribution in [0.3, 0.4) is 0 Å². The number of nitrogens with zero attached hydrogens (tertiary/aromatic N) is 2. The summed E-state index contributed by atoms with van der Waals surface area (Å²) in [6.07, 6.45) is 0.439. The summed E-state index contributed by atoms with van der Waals surface area (Å²) in [5, 5.41) is 9.51. The van der Waals surface area contributed by atoms with Gasteiger partial charge in [-0.2, -0.15) is 0 Å². The number of hydrogen-bond acceptors (Lipinski definition) is 4. The van der Waals surface area contributed by atoms with Crippen LogP contribution in [0, 0.1) is 0 Å². The molecule has 1 fully saturated rings. The monoisotopic (exact) mass is 225 g/mol. The number of rotatable bonds is 1. The number of hydrogen-bond donors (Lipinski definition) is 2. The third-order valence-corrected chi connectivity index (χ3v) is 2.67. The Morgan fingerprint density at radius 2 is 2.12 bits per heavy atom. The molecule has 16 heavy (non-hydrogen) atoms. The van der Waals surface area contributed by atoms with E-state index in [-0.39, 0.29) is 5.91 Å². The fourth-order valence-corrected chi connectivity index (χ4v) is 1.84. The number of aromatic amines is 1. The van der Waals surface area contributed by atoms with E-state index in [0.717, 1.165) is 10.6 Å². The van der Waals surface area contributed by atoms with Gasteiger partial charge < -0.3 is 10.0 Å². The minimum Gasteiger partial charge on any atom is -0.494 e. The molecule has 7 heteroatoms. The van der Waals surface area contributed by atoms with Crippen LogP contribution < -0.4 is 11.2 Å². The van der Waals surface area contributed by atoms with Crippen LogP contribution in [0.4, 0.5) is 0 Å². The molecule has 1 unspecified atom stereocenters. The van der Waals surface area contributed by atoms with Crippen LogP contribution in [-0.2, 0) is 4.79 Å². The van der Waals surface area contributed by atoms with E-state index in [1.807, 2.05) is 4.98 Å². The molecule has 1 saturated heterocycles. The van der Waals surface area contributed by atoms with E-state index in [9.17, 15) is 19.5 Å². The fourth-order valence-electron chi connectivity index (χ4n) is 1.84. The van der Waals surface area contributed by atoms with Crippen molar-refractivity contribution in [2.45, 2.75) is 12.5 Å². The lowest BCUT2D eigenvalue weighted by Crippen LogP contribution is -2.35. The van der Waals surface area contributed by atoms with Crippen molar-refractivity contribution in [1.29, 1.82) is 0 Å². The quantitative estimate of drug-likeness (QED) is 0.617. The van der Waals surface area contributed by atoms with Gasteiger partial charge in [-0.05, 0) is 6.42 Å². The Morgan fingerprint density at radius 3 is 2.62 bits per heavy atom. The number of likely N-dealkylation sites (tertiary alicyclic amines) is 1. The van der Waals surface area contributed by atoms with Crippen molar-refractivity contribution in [2.75, 3.05) is 13.6 Å². The smallest absolute Gasteiger partial charge is 0.331 e. The van der Waals surface area contributed by atoms with E-state index in [2.05, 4.69) is 0 Å². The maximum absolute atomic E-state index is 11.7. The van der Waals surface area contributed by atoms with Gasteiger partial charge in [0, 0.05) is 13.6 Å². The van der Waals surface area contributed by atoms with Gasteiger partial charge in [0.1, 0.15) is 6.04 Å². The number of carbonyl (C=O) groups excluding carboxylic acids is 1. The molecule has 1 atom stereocenters. The van der Waals surface area contributed by atoms with Crippen LogP contribution in [0.2, 0.25) is 0 Å². The van der Waals surface area contributed by atoms with Gasteiger partial charge in [-0.3, -0.25) is 19.1 Å². The van der Waals surface area contributed by atoms with Crippen LogP contribution in [0.1, 0.15) is 12.5 Å². The lowest BCUT2D eigenvalue weighted by molar-refractivity contribution is -0.129. The number of likely N-dealkylation sites (N-methyl/N-ethyl adjacent to an activating group) is 1. The highest BCUT2D eigenvalue weighted by Gasteiger charge is 2.32. The molecule has 1 aromatic heterocycles. The molecule has 0 saturated carbocycles. The van der Waals surface area contributed by atoms with Crippen molar-refractivity contribution < 1.29 is 9.90 Å². The van der Waals surface area contributed by atoms with Gasteiger partial charge in [0.2, 0.25) is 11.8 Å². The zero-order valence-corrected chi connectivity index (χ0v) is 8.64. The Labute approximate surface area is 89.9 Å². The highest BCUT2D eigenvalue weighted by Crippen LogP contribution is 2.23. The van der Waals surface area contributed by atoms with Gasteiger partial charge in [0.15, 0.2) is 0 Å². The first kappa shape index (κ1) is 10.5. The van der Waals surface area contributed by atoms with Crippen molar-refractivity contribution in [1.82, 2.24) is 14.5 Å². The number of aromatic nitrogens is 2. The third kappa shape index (κ3) is 1.50. The van der Waals surface area contributed by atoms with Gasteiger partial charge in [-0.25, -0.2) is 4.79 Å². The molecule has 0 bridgehead atoms. The maximum Gasteiger partial charge on any atom is 0.331 e. The molecule has 0 radical (unpaired) electrons. The molecular weight excluding hydrogens is 214 g/mol. The first-order valence-corrected chi connectivity index (χ1v) is 4.80. The molecule has 2 heterocycles. The van der Waals surface area contributed by atoms with Gasteiger partial charge in [0.25, 0.3) is 5.56 Å². The van der Waals surface area contributed by atoms with Crippen LogP contribution in [0.25, 0.3) is 0 Å². The lowest BCUT2D eigenvalue weighted by Gasteiger charge is -2.13. The third-order valence-electron chi connectivity index (χ3n) is 2.67. The zero-order valence-electron chi connectivity index (χ0n) is 8.64. The standard InChI is InChI=1S/C9H11N3O4/c1-11-3-2-5(8(11)15)12-7(14)4-6(13)10-9(12)16/h4-5,14H,2-3H2,1H3,(H,10,13,16). The molecule has 1 aliphatic heterocycles. The summed E-state index contributed by atoms with van der Waals surface area (Å²) in [5.74, 6) is -0.730. The predicted molar refractivity (Wildman–Crippen MR) is 54.3 cm³/mol. The molecule has 1 aromatic rings. The minimum absolute atomic E-state index is 0.246. The lowest BCUT2D eigenvalue weighted by atomic mass is 10.2. The normalized spacial score (nSPS) is 20.4. The van der Waals surface area contributed by atoms with Gasteiger partial charge >= 0.3 is 5.69 Å². The highest BCUT2D eigenvalue weighted by atomic mass is 16.3. The van der Waals surface area contributed by atoms with E-state index >= 15 is 0 Å². The van der Waals surface area contributed by atoms with Crippen LogP contribution >= 0.6 is 0 Å². The second-order valence-electron chi connectivity index (χ2n) is 3.73. The summed E-state index contributed by atoms with van der Waals surface area (Å²) in [5.41, 5.74) is -1.45. The summed E-state index contributed by atoms with van der Waals surface area (Å²) in [4.78, 5) is 37.5. The molecule has 86 valence electrons. The minimum atomic E-state index is -0.765. The molecule has 2 rings (SSSR count). The number of aromatic hydroxyl groups is 1. The van der Waals surface area contributed by atoms with Crippen LogP contribution in [0.15, 0.2) is 15.7 Å². The summed E-state index contributed by atoms with van der Waals surface area (Å²) in [6, 6.07) is 0.154. The van der Waals surface area contributed by atoms with Gasteiger partial charge in [-0.1, -0.05) is 0 Å². The van der Waals surface area contributed by atoms with Crippen molar-refractivity contribution in [3.05, 3.63) is 26.9 Å². The van der Waals surface area contributed by atoms with Gasteiger partial charge in [-0.15, -0.1) is 0 Å². The van der Waals surface area contributed by atoms with E-state index in [1.165, 1.54) is 4.90 Å². The van der Waals surface area contributed by atoms with E-state index in [0.29, 0.717) is 13.0 Å². The first-order valence-electron chi connectivity index (χ1n) is 4.80. The maximum atomic E-state index is 11.7. The molecular formula is C9H11N3O4. The SMILES string of the molecule is CN1CCC(n2c(O)cc(=O)[nH]c2=O)C1=O. The Kier molecular flexibility index (Phi) is 2.30. The second kappa shape index (κ2) is 3.51. The van der Waals surface area contributed by atoms with Crippen molar-refractivity contribution in [3.8, 4) is 5.88 Å². The average Bonchev–Trinajstić information content (AvgIpc) is 2.48. The predicted octanol–water partition coefficient (Wildman–Crippen LogP) is -1.35. The molecule has 0 aliphatic carbocycles. The van der Waals surface area contributed by atoms with Crippen molar-refractivity contribution in [3.63, 3.8) is 0 Å². The molecule has 0 aromatic carbocycles. The molecule has 7 nitrogen and oxygen atoms in total. The Hall–Kier alpha value is -2.05. The Morgan fingerprint density at radius 1 is 1.44 bits per heavy atom.